The van der Waals surface area contributed by atoms with Gasteiger partial charge in [-0.25, -0.2) is 8.78 Å². The molecular weight excluding hydrogens is 262 g/mol. The molecule has 1 fully saturated rings. The Hall–Kier alpha value is -1.49. The second-order valence-electron chi connectivity index (χ2n) is 5.82. The summed E-state index contributed by atoms with van der Waals surface area (Å²) in [5, 5.41) is 0. The standard InChI is InChI=1S/C15H20F2N2O/c1-15(9-18)6-7-19(10-15)14(20)5-2-11-8-12(16)3-4-13(11)17/h3-4,8H,2,5-7,9-10,18H2,1H3. The Morgan fingerprint density at radius 3 is 2.85 bits per heavy atom. The van der Waals surface area contributed by atoms with Crippen molar-refractivity contribution < 1.29 is 13.6 Å². The molecule has 2 N–H and O–H groups in total. The van der Waals surface area contributed by atoms with Crippen molar-refractivity contribution in [3.63, 3.8) is 0 Å². The average molecular weight is 282 g/mol. The summed E-state index contributed by atoms with van der Waals surface area (Å²) in [5.74, 6) is -0.969. The molecule has 5 heteroatoms. The number of carbonyl (C=O) groups excluding carboxylic acids is 1. The van der Waals surface area contributed by atoms with E-state index < -0.39 is 11.6 Å². The van der Waals surface area contributed by atoms with Crippen molar-refractivity contribution in [2.24, 2.45) is 11.1 Å². The number of benzene rings is 1. The average Bonchev–Trinajstić information content (AvgIpc) is 2.83. The summed E-state index contributed by atoms with van der Waals surface area (Å²) in [6.45, 7) is 3.95. The zero-order valence-corrected chi connectivity index (χ0v) is 11.7. The van der Waals surface area contributed by atoms with Crippen LogP contribution in [0.1, 0.15) is 25.3 Å². The van der Waals surface area contributed by atoms with Crippen LogP contribution in [0.3, 0.4) is 0 Å². The lowest BCUT2D eigenvalue weighted by Gasteiger charge is -2.22. The van der Waals surface area contributed by atoms with E-state index >= 15 is 0 Å². The molecule has 20 heavy (non-hydrogen) atoms. The van der Waals surface area contributed by atoms with Crippen LogP contribution in [-0.4, -0.2) is 30.4 Å². The lowest BCUT2D eigenvalue weighted by atomic mass is 9.90. The SMILES string of the molecule is CC1(CN)CCN(C(=O)CCc2cc(F)ccc2F)C1. The molecule has 1 aromatic carbocycles. The van der Waals surface area contributed by atoms with Crippen LogP contribution in [-0.2, 0) is 11.2 Å². The number of likely N-dealkylation sites (tertiary alicyclic amines) is 1. The van der Waals surface area contributed by atoms with Crippen LogP contribution >= 0.6 is 0 Å². The third-order valence-corrected chi connectivity index (χ3v) is 4.02. The number of halogens is 2. The highest BCUT2D eigenvalue weighted by atomic mass is 19.1. The van der Waals surface area contributed by atoms with Crippen LogP contribution in [0.5, 0.6) is 0 Å². The van der Waals surface area contributed by atoms with Crippen molar-refractivity contribution in [3.05, 3.63) is 35.4 Å². The smallest absolute Gasteiger partial charge is 0.222 e. The Kier molecular flexibility index (Phi) is 4.38. The summed E-state index contributed by atoms with van der Waals surface area (Å²) in [6.07, 6.45) is 1.31. The van der Waals surface area contributed by atoms with E-state index in [2.05, 4.69) is 6.92 Å². The van der Waals surface area contributed by atoms with Crippen LogP contribution in [0.15, 0.2) is 18.2 Å². The molecular formula is C15H20F2N2O. The molecule has 1 aliphatic heterocycles. The number of nitrogens with zero attached hydrogens (tertiary/aromatic N) is 1. The van der Waals surface area contributed by atoms with E-state index in [4.69, 9.17) is 5.73 Å². The molecule has 110 valence electrons. The zero-order chi connectivity index (χ0) is 14.8. The van der Waals surface area contributed by atoms with Crippen LogP contribution in [0.2, 0.25) is 0 Å². The Labute approximate surface area is 117 Å². The minimum atomic E-state index is -0.481. The lowest BCUT2D eigenvalue weighted by Crippen LogP contribution is -2.34. The first-order valence-electron chi connectivity index (χ1n) is 6.85. The zero-order valence-electron chi connectivity index (χ0n) is 11.7. The van der Waals surface area contributed by atoms with E-state index in [0.717, 1.165) is 24.6 Å². The topological polar surface area (TPSA) is 46.3 Å². The molecule has 2 rings (SSSR count). The molecule has 1 aliphatic rings. The van der Waals surface area contributed by atoms with Crippen LogP contribution in [0, 0.1) is 17.0 Å². The van der Waals surface area contributed by atoms with Crippen molar-refractivity contribution in [3.8, 4) is 0 Å². The minimum Gasteiger partial charge on any atom is -0.342 e. The predicted molar refractivity (Wildman–Crippen MR) is 73.0 cm³/mol. The highest BCUT2D eigenvalue weighted by Gasteiger charge is 2.34. The maximum atomic E-state index is 13.5. The van der Waals surface area contributed by atoms with Crippen LogP contribution in [0.4, 0.5) is 8.78 Å². The maximum Gasteiger partial charge on any atom is 0.222 e. The first kappa shape index (κ1) is 14.9. The number of aryl methyl sites for hydroxylation is 1. The van der Waals surface area contributed by atoms with Crippen molar-refractivity contribution in [1.82, 2.24) is 4.90 Å². The van der Waals surface area contributed by atoms with Gasteiger partial charge in [-0.2, -0.15) is 0 Å². The summed E-state index contributed by atoms with van der Waals surface area (Å²) < 4.78 is 26.5. The molecule has 3 nitrogen and oxygen atoms in total. The minimum absolute atomic E-state index is 0.0141. The molecule has 1 saturated heterocycles. The normalized spacial score (nSPS) is 22.3. The Balaban J connectivity index is 1.91. The molecule has 0 radical (unpaired) electrons. The number of nitrogens with two attached hydrogens (primary N) is 1. The molecule has 1 amide bonds. The van der Waals surface area contributed by atoms with Gasteiger partial charge in [-0.1, -0.05) is 6.92 Å². The van der Waals surface area contributed by atoms with Gasteiger partial charge in [0.05, 0.1) is 0 Å². The second kappa shape index (κ2) is 5.87. The molecule has 0 aliphatic carbocycles. The molecule has 0 aromatic heterocycles. The summed E-state index contributed by atoms with van der Waals surface area (Å²) in [5.41, 5.74) is 5.94. The van der Waals surface area contributed by atoms with Gasteiger partial charge in [0.2, 0.25) is 5.91 Å². The second-order valence-corrected chi connectivity index (χ2v) is 5.82. The fourth-order valence-corrected chi connectivity index (χ4v) is 2.54. The molecule has 1 aromatic rings. The van der Waals surface area contributed by atoms with Gasteiger partial charge in [0, 0.05) is 19.5 Å². The van der Waals surface area contributed by atoms with E-state index in [1.807, 2.05) is 0 Å². The van der Waals surface area contributed by atoms with Gasteiger partial charge in [0.1, 0.15) is 11.6 Å². The van der Waals surface area contributed by atoms with Gasteiger partial charge >= 0.3 is 0 Å². The summed E-state index contributed by atoms with van der Waals surface area (Å²) >= 11 is 0. The molecule has 1 heterocycles. The molecule has 0 bridgehead atoms. The molecule has 0 spiro atoms. The van der Waals surface area contributed by atoms with Crippen molar-refractivity contribution >= 4 is 5.91 Å². The quantitative estimate of drug-likeness (QED) is 0.919. The van der Waals surface area contributed by atoms with E-state index in [1.54, 1.807) is 4.90 Å². The van der Waals surface area contributed by atoms with Crippen molar-refractivity contribution in [1.29, 1.82) is 0 Å². The van der Waals surface area contributed by atoms with Gasteiger partial charge in [0.25, 0.3) is 0 Å². The summed E-state index contributed by atoms with van der Waals surface area (Å²) in [4.78, 5) is 13.9. The third kappa shape index (κ3) is 3.33. The summed E-state index contributed by atoms with van der Waals surface area (Å²) in [6, 6.07) is 3.32. The number of hydrogen-bond donors (Lipinski definition) is 1. The lowest BCUT2D eigenvalue weighted by molar-refractivity contribution is -0.130. The number of carbonyl (C=O) groups is 1. The molecule has 0 saturated carbocycles. The first-order chi connectivity index (χ1) is 9.43. The Morgan fingerprint density at radius 1 is 1.45 bits per heavy atom. The van der Waals surface area contributed by atoms with Gasteiger partial charge in [-0.05, 0) is 48.6 Å². The summed E-state index contributed by atoms with van der Waals surface area (Å²) in [7, 11) is 0. The fourth-order valence-electron chi connectivity index (χ4n) is 2.54. The third-order valence-electron chi connectivity index (χ3n) is 4.02. The van der Waals surface area contributed by atoms with E-state index in [9.17, 15) is 13.6 Å². The maximum absolute atomic E-state index is 13.5. The highest BCUT2D eigenvalue weighted by Crippen LogP contribution is 2.29. The number of rotatable bonds is 4. The highest BCUT2D eigenvalue weighted by molar-refractivity contribution is 5.76. The van der Waals surface area contributed by atoms with Gasteiger partial charge in [-0.3, -0.25) is 4.79 Å². The Bertz CT molecular complexity index is 507. The largest absolute Gasteiger partial charge is 0.342 e. The van der Waals surface area contributed by atoms with Crippen LogP contribution < -0.4 is 5.73 Å². The van der Waals surface area contributed by atoms with Gasteiger partial charge in [0.15, 0.2) is 0 Å². The van der Waals surface area contributed by atoms with Crippen molar-refractivity contribution in [2.45, 2.75) is 26.2 Å². The fraction of sp³-hybridized carbons (Fsp3) is 0.533. The van der Waals surface area contributed by atoms with E-state index in [1.165, 1.54) is 0 Å². The van der Waals surface area contributed by atoms with Gasteiger partial charge in [-0.15, -0.1) is 0 Å². The van der Waals surface area contributed by atoms with Gasteiger partial charge < -0.3 is 10.6 Å². The van der Waals surface area contributed by atoms with Crippen molar-refractivity contribution in [2.75, 3.05) is 19.6 Å². The molecule has 1 unspecified atom stereocenters. The van der Waals surface area contributed by atoms with Crippen LogP contribution in [0.25, 0.3) is 0 Å². The Morgan fingerprint density at radius 2 is 2.20 bits per heavy atom. The number of amides is 1. The monoisotopic (exact) mass is 282 g/mol. The number of hydrogen-bond acceptors (Lipinski definition) is 2. The van der Waals surface area contributed by atoms with E-state index in [-0.39, 0.29) is 29.7 Å². The predicted octanol–water partition coefficient (Wildman–Crippen LogP) is 2.09. The molecule has 1 atom stereocenters. The van der Waals surface area contributed by atoms with E-state index in [0.29, 0.717) is 19.6 Å². The first-order valence-corrected chi connectivity index (χ1v) is 6.85.